The number of H-pyrrole nitrogens is 2. The number of nitrogens with one attached hydrogen (secondary N) is 2. The van der Waals surface area contributed by atoms with Crippen molar-refractivity contribution < 1.29 is 0 Å². The Hall–Kier alpha value is -1.62. The number of hydrogen-bond acceptors (Lipinski definition) is 3. The van der Waals surface area contributed by atoms with E-state index in [0.29, 0.717) is 5.92 Å². The average Bonchev–Trinajstić information content (AvgIpc) is 2.99. The zero-order valence-corrected chi connectivity index (χ0v) is 9.98. The van der Waals surface area contributed by atoms with Crippen molar-refractivity contribution in [3.8, 4) is 0 Å². The number of aromatic nitrogens is 4. The van der Waals surface area contributed by atoms with E-state index in [2.05, 4.69) is 24.8 Å². The summed E-state index contributed by atoms with van der Waals surface area (Å²) in [6.45, 7) is 5.21. The Morgan fingerprint density at radius 3 is 3.12 bits per heavy atom. The van der Waals surface area contributed by atoms with Crippen LogP contribution in [0.2, 0.25) is 0 Å². The first-order valence-corrected chi connectivity index (χ1v) is 6.02. The Labute approximate surface area is 100 Å². The summed E-state index contributed by atoms with van der Waals surface area (Å²) >= 11 is 0. The molecule has 0 spiro atoms. The van der Waals surface area contributed by atoms with Crippen LogP contribution in [0.25, 0.3) is 0 Å². The molecule has 0 bridgehead atoms. The second-order valence-electron chi connectivity index (χ2n) is 4.75. The van der Waals surface area contributed by atoms with E-state index in [0.717, 1.165) is 31.2 Å². The number of nitrogens with zero attached hydrogens (tertiary/aromatic N) is 3. The SMILES string of the molecule is Cc1cnc(C2CCN(Cc3cnc[nH]3)C2)[nH]1. The summed E-state index contributed by atoms with van der Waals surface area (Å²) in [4.78, 5) is 17.4. The van der Waals surface area contributed by atoms with Gasteiger partial charge in [-0.1, -0.05) is 0 Å². The second-order valence-corrected chi connectivity index (χ2v) is 4.75. The third kappa shape index (κ3) is 2.24. The van der Waals surface area contributed by atoms with Crippen LogP contribution in [0.15, 0.2) is 18.7 Å². The van der Waals surface area contributed by atoms with E-state index in [9.17, 15) is 0 Å². The van der Waals surface area contributed by atoms with Gasteiger partial charge in [-0.25, -0.2) is 9.97 Å². The van der Waals surface area contributed by atoms with Crippen molar-refractivity contribution in [1.82, 2.24) is 24.8 Å². The molecule has 5 nitrogen and oxygen atoms in total. The molecule has 90 valence electrons. The number of aromatic amines is 2. The number of hydrogen-bond donors (Lipinski definition) is 2. The Morgan fingerprint density at radius 2 is 2.41 bits per heavy atom. The minimum Gasteiger partial charge on any atom is -0.347 e. The van der Waals surface area contributed by atoms with Crippen LogP contribution in [-0.4, -0.2) is 37.9 Å². The van der Waals surface area contributed by atoms with Gasteiger partial charge in [-0.2, -0.15) is 0 Å². The van der Waals surface area contributed by atoms with Crippen LogP contribution >= 0.6 is 0 Å². The van der Waals surface area contributed by atoms with Gasteiger partial charge in [-0.05, 0) is 19.9 Å². The summed E-state index contributed by atoms with van der Waals surface area (Å²) in [6, 6.07) is 0. The van der Waals surface area contributed by atoms with Crippen LogP contribution in [0.1, 0.15) is 29.6 Å². The third-order valence-corrected chi connectivity index (χ3v) is 3.33. The lowest BCUT2D eigenvalue weighted by Crippen LogP contribution is -2.20. The largest absolute Gasteiger partial charge is 0.347 e. The number of likely N-dealkylation sites (tertiary alicyclic amines) is 1. The standard InChI is InChI=1S/C12H17N5/c1-9-4-14-12(16-9)10-2-3-17(6-10)7-11-5-13-8-15-11/h4-5,8,10H,2-3,6-7H2,1H3,(H,13,15)(H,14,16). The zero-order chi connectivity index (χ0) is 11.7. The molecule has 3 heterocycles. The number of aryl methyl sites for hydroxylation is 1. The Balaban J connectivity index is 1.62. The van der Waals surface area contributed by atoms with Gasteiger partial charge in [0.15, 0.2) is 0 Å². The summed E-state index contributed by atoms with van der Waals surface area (Å²) in [5, 5.41) is 0. The third-order valence-electron chi connectivity index (χ3n) is 3.33. The summed E-state index contributed by atoms with van der Waals surface area (Å²) in [7, 11) is 0. The van der Waals surface area contributed by atoms with Gasteiger partial charge >= 0.3 is 0 Å². The lowest BCUT2D eigenvalue weighted by atomic mass is 10.1. The van der Waals surface area contributed by atoms with Gasteiger partial charge in [0.2, 0.25) is 0 Å². The predicted molar refractivity (Wildman–Crippen MR) is 64.5 cm³/mol. The average molecular weight is 231 g/mol. The maximum atomic E-state index is 4.43. The maximum absolute atomic E-state index is 4.43. The van der Waals surface area contributed by atoms with Crippen molar-refractivity contribution in [2.24, 2.45) is 0 Å². The van der Waals surface area contributed by atoms with Crippen LogP contribution in [0, 0.1) is 6.92 Å². The van der Waals surface area contributed by atoms with Gasteiger partial charge in [0.25, 0.3) is 0 Å². The summed E-state index contributed by atoms with van der Waals surface area (Å²) in [5.74, 6) is 1.68. The van der Waals surface area contributed by atoms with E-state index in [-0.39, 0.29) is 0 Å². The summed E-state index contributed by atoms with van der Waals surface area (Å²) in [5.41, 5.74) is 2.33. The van der Waals surface area contributed by atoms with E-state index >= 15 is 0 Å². The fourth-order valence-corrected chi connectivity index (χ4v) is 2.45. The normalized spacial score (nSPS) is 21.1. The maximum Gasteiger partial charge on any atom is 0.110 e. The molecule has 3 rings (SSSR count). The van der Waals surface area contributed by atoms with Crippen LogP contribution in [0.4, 0.5) is 0 Å². The van der Waals surface area contributed by atoms with Crippen molar-refractivity contribution in [2.75, 3.05) is 13.1 Å². The number of rotatable bonds is 3. The monoisotopic (exact) mass is 231 g/mol. The molecular formula is C12H17N5. The lowest BCUT2D eigenvalue weighted by molar-refractivity contribution is 0.322. The molecule has 0 aromatic carbocycles. The molecule has 1 aliphatic rings. The molecule has 0 saturated carbocycles. The van der Waals surface area contributed by atoms with Gasteiger partial charge in [0.1, 0.15) is 5.82 Å². The molecule has 0 amide bonds. The minimum absolute atomic E-state index is 0.548. The molecule has 2 aromatic heterocycles. The van der Waals surface area contributed by atoms with E-state index < -0.39 is 0 Å². The van der Waals surface area contributed by atoms with E-state index in [1.54, 1.807) is 6.33 Å². The minimum atomic E-state index is 0.548. The fraction of sp³-hybridized carbons (Fsp3) is 0.500. The second kappa shape index (κ2) is 4.33. The van der Waals surface area contributed by atoms with Crippen LogP contribution < -0.4 is 0 Å². The molecule has 1 unspecified atom stereocenters. The van der Waals surface area contributed by atoms with Gasteiger partial charge in [0.05, 0.1) is 6.33 Å². The molecular weight excluding hydrogens is 214 g/mol. The molecule has 1 saturated heterocycles. The zero-order valence-electron chi connectivity index (χ0n) is 9.98. The molecule has 1 atom stereocenters. The number of imidazole rings is 2. The van der Waals surface area contributed by atoms with E-state index in [1.807, 2.05) is 19.3 Å². The van der Waals surface area contributed by atoms with Gasteiger partial charge in [-0.15, -0.1) is 0 Å². The van der Waals surface area contributed by atoms with Crippen molar-refractivity contribution in [3.05, 3.63) is 35.9 Å². The van der Waals surface area contributed by atoms with Gasteiger partial charge < -0.3 is 9.97 Å². The van der Waals surface area contributed by atoms with Crippen molar-refractivity contribution in [3.63, 3.8) is 0 Å². The fourth-order valence-electron chi connectivity index (χ4n) is 2.45. The molecule has 0 radical (unpaired) electrons. The van der Waals surface area contributed by atoms with Crippen LogP contribution in [0.5, 0.6) is 0 Å². The topological polar surface area (TPSA) is 60.6 Å². The highest BCUT2D eigenvalue weighted by Gasteiger charge is 2.25. The molecule has 0 aliphatic carbocycles. The highest BCUT2D eigenvalue weighted by Crippen LogP contribution is 2.25. The highest BCUT2D eigenvalue weighted by atomic mass is 15.2. The van der Waals surface area contributed by atoms with Crippen LogP contribution in [0.3, 0.4) is 0 Å². The van der Waals surface area contributed by atoms with E-state index in [1.165, 1.54) is 12.1 Å². The van der Waals surface area contributed by atoms with Crippen molar-refractivity contribution in [1.29, 1.82) is 0 Å². The van der Waals surface area contributed by atoms with Gasteiger partial charge in [-0.3, -0.25) is 4.90 Å². The predicted octanol–water partition coefficient (Wildman–Crippen LogP) is 1.43. The van der Waals surface area contributed by atoms with Crippen molar-refractivity contribution in [2.45, 2.75) is 25.8 Å². The quantitative estimate of drug-likeness (QED) is 0.840. The lowest BCUT2D eigenvalue weighted by Gasteiger charge is -2.13. The highest BCUT2D eigenvalue weighted by molar-refractivity contribution is 5.07. The molecule has 17 heavy (non-hydrogen) atoms. The van der Waals surface area contributed by atoms with Crippen LogP contribution in [-0.2, 0) is 6.54 Å². The summed E-state index contributed by atoms with van der Waals surface area (Å²) < 4.78 is 0. The first kappa shape index (κ1) is 10.5. The molecule has 5 heteroatoms. The molecule has 2 aromatic rings. The molecule has 2 N–H and O–H groups in total. The Kier molecular flexibility index (Phi) is 2.68. The summed E-state index contributed by atoms with van der Waals surface area (Å²) in [6.07, 6.45) is 6.72. The first-order valence-electron chi connectivity index (χ1n) is 6.02. The Bertz CT molecular complexity index is 473. The van der Waals surface area contributed by atoms with Crippen molar-refractivity contribution >= 4 is 0 Å². The molecule has 1 fully saturated rings. The smallest absolute Gasteiger partial charge is 0.110 e. The van der Waals surface area contributed by atoms with E-state index in [4.69, 9.17) is 0 Å². The molecule has 1 aliphatic heterocycles. The van der Waals surface area contributed by atoms with Gasteiger partial charge in [0, 0.05) is 42.8 Å². The first-order chi connectivity index (χ1) is 8.31. The Morgan fingerprint density at radius 1 is 1.47 bits per heavy atom.